The van der Waals surface area contributed by atoms with Gasteiger partial charge in [-0.2, -0.15) is 0 Å². The van der Waals surface area contributed by atoms with Crippen molar-refractivity contribution in [1.82, 2.24) is 5.32 Å². The molecule has 6 nitrogen and oxygen atoms in total. The Morgan fingerprint density at radius 1 is 1.40 bits per heavy atom. The minimum atomic E-state index is -1.49. The van der Waals surface area contributed by atoms with Crippen molar-refractivity contribution in [3.63, 3.8) is 0 Å². The van der Waals surface area contributed by atoms with E-state index in [4.69, 9.17) is 9.84 Å². The third kappa shape index (κ3) is 4.43. The van der Waals surface area contributed by atoms with E-state index in [2.05, 4.69) is 5.32 Å². The molecule has 1 heterocycles. The van der Waals surface area contributed by atoms with Crippen molar-refractivity contribution in [1.29, 1.82) is 0 Å². The Labute approximate surface area is 120 Å². The number of aliphatic carboxylic acids is 1. The molecule has 0 bridgehead atoms. The first-order valence-corrected chi connectivity index (χ1v) is 6.87. The van der Waals surface area contributed by atoms with Gasteiger partial charge in [-0.15, -0.1) is 11.3 Å². The molecule has 0 saturated carbocycles. The van der Waals surface area contributed by atoms with E-state index in [9.17, 15) is 14.4 Å². The lowest BCUT2D eigenvalue weighted by atomic mass is 10.0. The number of methoxy groups -OCH3 is 1. The lowest BCUT2D eigenvalue weighted by Gasteiger charge is -2.25. The fourth-order valence-corrected chi connectivity index (χ4v) is 2.29. The maximum absolute atomic E-state index is 11.7. The summed E-state index contributed by atoms with van der Waals surface area (Å²) in [5.41, 5.74) is -1.49. The predicted octanol–water partition coefficient (Wildman–Crippen LogP) is 1.32. The Balaban J connectivity index is 2.50. The number of rotatable bonds is 8. The van der Waals surface area contributed by atoms with Gasteiger partial charge in [-0.1, -0.05) is 6.07 Å². The predicted molar refractivity (Wildman–Crippen MR) is 73.9 cm³/mol. The molecule has 2 N–H and O–H groups in total. The molecule has 1 unspecified atom stereocenters. The van der Waals surface area contributed by atoms with Gasteiger partial charge in [-0.3, -0.25) is 9.59 Å². The Morgan fingerprint density at radius 2 is 2.10 bits per heavy atom. The van der Waals surface area contributed by atoms with E-state index in [1.165, 1.54) is 25.4 Å². The number of Topliss-reactive ketones (excluding diaryl/α,β-unsaturated/α-hetero) is 1. The first-order valence-electron chi connectivity index (χ1n) is 5.99. The summed E-state index contributed by atoms with van der Waals surface area (Å²) in [5, 5.41) is 13.2. The molecule has 0 saturated heterocycles. The van der Waals surface area contributed by atoms with Crippen molar-refractivity contribution in [2.75, 3.05) is 13.7 Å². The Hall–Kier alpha value is -1.73. The van der Waals surface area contributed by atoms with Gasteiger partial charge in [0, 0.05) is 20.0 Å². The third-order valence-electron chi connectivity index (χ3n) is 2.70. The highest BCUT2D eigenvalue weighted by atomic mass is 32.1. The molecule has 1 amide bonds. The molecule has 0 spiro atoms. The van der Waals surface area contributed by atoms with Crippen LogP contribution in [-0.4, -0.2) is 42.0 Å². The van der Waals surface area contributed by atoms with Crippen molar-refractivity contribution >= 4 is 29.0 Å². The van der Waals surface area contributed by atoms with Crippen molar-refractivity contribution < 1.29 is 24.2 Å². The van der Waals surface area contributed by atoms with Gasteiger partial charge in [-0.25, -0.2) is 4.79 Å². The van der Waals surface area contributed by atoms with Crippen molar-refractivity contribution in [2.45, 2.75) is 25.3 Å². The van der Waals surface area contributed by atoms with Crippen molar-refractivity contribution in [2.24, 2.45) is 0 Å². The van der Waals surface area contributed by atoms with Crippen LogP contribution in [0.2, 0.25) is 0 Å². The molecule has 20 heavy (non-hydrogen) atoms. The van der Waals surface area contributed by atoms with Crippen LogP contribution in [0.25, 0.3) is 0 Å². The standard InChI is InChI=1S/C13H17NO5S/c1-13(8-19-2,12(17)18)14-11(16)6-5-9(15)10-4-3-7-20-10/h3-4,7H,5-6,8H2,1-2H3,(H,14,16)(H,17,18). The zero-order valence-corrected chi connectivity index (χ0v) is 12.2. The maximum Gasteiger partial charge on any atom is 0.331 e. The zero-order valence-electron chi connectivity index (χ0n) is 11.3. The monoisotopic (exact) mass is 299 g/mol. The Morgan fingerprint density at radius 3 is 2.60 bits per heavy atom. The highest BCUT2D eigenvalue weighted by molar-refractivity contribution is 7.12. The van der Waals surface area contributed by atoms with Gasteiger partial charge in [0.1, 0.15) is 0 Å². The number of ketones is 1. The second-order valence-corrected chi connectivity index (χ2v) is 5.47. The average molecular weight is 299 g/mol. The number of thiophene rings is 1. The van der Waals surface area contributed by atoms with E-state index in [1.807, 2.05) is 0 Å². The molecule has 0 fully saturated rings. The Kier molecular flexibility index (Phi) is 5.84. The number of nitrogens with one attached hydrogen (secondary N) is 1. The zero-order chi connectivity index (χ0) is 15.2. The third-order valence-corrected chi connectivity index (χ3v) is 3.61. The van der Waals surface area contributed by atoms with Gasteiger partial charge < -0.3 is 15.2 Å². The summed E-state index contributed by atoms with van der Waals surface area (Å²) in [5.74, 6) is -1.80. The summed E-state index contributed by atoms with van der Waals surface area (Å²) in [7, 11) is 1.35. The molecule has 1 atom stereocenters. The molecule has 0 radical (unpaired) electrons. The molecule has 110 valence electrons. The molecule has 1 rings (SSSR count). The molecule has 1 aromatic heterocycles. The molecular formula is C13H17NO5S. The quantitative estimate of drug-likeness (QED) is 0.706. The second-order valence-electron chi connectivity index (χ2n) is 4.52. The number of carboxylic acids is 1. The first kappa shape index (κ1) is 16.3. The van der Waals surface area contributed by atoms with Crippen LogP contribution in [0.5, 0.6) is 0 Å². The van der Waals surface area contributed by atoms with Crippen LogP contribution < -0.4 is 5.32 Å². The highest BCUT2D eigenvalue weighted by Crippen LogP contribution is 2.13. The number of carbonyl (C=O) groups is 3. The number of amides is 1. The topological polar surface area (TPSA) is 92.7 Å². The van der Waals surface area contributed by atoms with Crippen LogP contribution in [0, 0.1) is 0 Å². The fourth-order valence-electron chi connectivity index (χ4n) is 1.60. The second kappa shape index (κ2) is 7.16. The van der Waals surface area contributed by atoms with Gasteiger partial charge in [0.2, 0.25) is 5.91 Å². The summed E-state index contributed by atoms with van der Waals surface area (Å²) < 4.78 is 4.79. The molecule has 0 aromatic carbocycles. The van der Waals surface area contributed by atoms with Crippen LogP contribution in [-0.2, 0) is 14.3 Å². The number of hydrogen-bond acceptors (Lipinski definition) is 5. The number of carbonyl (C=O) groups excluding carboxylic acids is 2. The number of carboxylic acid groups (broad SMARTS) is 1. The van der Waals surface area contributed by atoms with Crippen molar-refractivity contribution in [3.05, 3.63) is 22.4 Å². The van der Waals surface area contributed by atoms with E-state index in [0.29, 0.717) is 4.88 Å². The molecule has 0 aliphatic heterocycles. The van der Waals surface area contributed by atoms with E-state index < -0.39 is 17.4 Å². The van der Waals surface area contributed by atoms with Crippen LogP contribution in [0.1, 0.15) is 29.4 Å². The molecule has 0 aliphatic rings. The summed E-state index contributed by atoms with van der Waals surface area (Å²) >= 11 is 1.31. The molecule has 7 heteroatoms. The van der Waals surface area contributed by atoms with E-state index in [1.54, 1.807) is 17.5 Å². The summed E-state index contributed by atoms with van der Waals surface area (Å²) in [6, 6.07) is 3.45. The van der Waals surface area contributed by atoms with Crippen molar-refractivity contribution in [3.8, 4) is 0 Å². The van der Waals surface area contributed by atoms with Crippen LogP contribution in [0.4, 0.5) is 0 Å². The van der Waals surface area contributed by atoms with Gasteiger partial charge in [0.15, 0.2) is 11.3 Å². The molecular weight excluding hydrogens is 282 g/mol. The van der Waals surface area contributed by atoms with E-state index in [-0.39, 0.29) is 25.2 Å². The van der Waals surface area contributed by atoms with Gasteiger partial charge >= 0.3 is 5.97 Å². The number of ether oxygens (including phenoxy) is 1. The number of hydrogen-bond donors (Lipinski definition) is 2. The highest BCUT2D eigenvalue weighted by Gasteiger charge is 2.34. The lowest BCUT2D eigenvalue weighted by Crippen LogP contribution is -2.55. The maximum atomic E-state index is 11.7. The first-order chi connectivity index (χ1) is 9.39. The van der Waals surface area contributed by atoms with Gasteiger partial charge in [-0.05, 0) is 18.4 Å². The average Bonchev–Trinajstić information content (AvgIpc) is 2.89. The lowest BCUT2D eigenvalue weighted by molar-refractivity contribution is -0.149. The van der Waals surface area contributed by atoms with E-state index >= 15 is 0 Å². The molecule has 1 aromatic rings. The van der Waals surface area contributed by atoms with Gasteiger partial charge in [0.05, 0.1) is 11.5 Å². The molecule has 0 aliphatic carbocycles. The van der Waals surface area contributed by atoms with Crippen LogP contribution in [0.15, 0.2) is 17.5 Å². The minimum Gasteiger partial charge on any atom is -0.479 e. The summed E-state index contributed by atoms with van der Waals surface area (Å²) in [6.45, 7) is 1.21. The van der Waals surface area contributed by atoms with Crippen LogP contribution >= 0.6 is 11.3 Å². The summed E-state index contributed by atoms with van der Waals surface area (Å²) in [6.07, 6.45) is -0.00164. The van der Waals surface area contributed by atoms with E-state index in [0.717, 1.165) is 0 Å². The normalized spacial score (nSPS) is 13.5. The van der Waals surface area contributed by atoms with Crippen LogP contribution in [0.3, 0.4) is 0 Å². The minimum absolute atomic E-state index is 0.0506. The van der Waals surface area contributed by atoms with Gasteiger partial charge in [0.25, 0.3) is 0 Å². The fraction of sp³-hybridized carbons (Fsp3) is 0.462. The summed E-state index contributed by atoms with van der Waals surface area (Å²) in [4.78, 5) is 35.2. The SMILES string of the molecule is COCC(C)(NC(=O)CCC(=O)c1cccs1)C(=O)O. The smallest absolute Gasteiger partial charge is 0.331 e. The Bertz CT molecular complexity index is 485. The largest absolute Gasteiger partial charge is 0.479 e.